The van der Waals surface area contributed by atoms with Crippen LogP contribution in [0.1, 0.15) is 55.1 Å². The third-order valence-corrected chi connectivity index (χ3v) is 5.37. The van der Waals surface area contributed by atoms with Crippen molar-refractivity contribution in [3.8, 4) is 0 Å². The Morgan fingerprint density at radius 1 is 1.40 bits per heavy atom. The van der Waals surface area contributed by atoms with Crippen LogP contribution in [-0.4, -0.2) is 45.9 Å². The molecule has 1 aliphatic carbocycles. The number of rotatable bonds is 7. The van der Waals surface area contributed by atoms with E-state index in [2.05, 4.69) is 17.2 Å². The summed E-state index contributed by atoms with van der Waals surface area (Å²) in [4.78, 5) is 30.7. The van der Waals surface area contributed by atoms with Gasteiger partial charge in [-0.05, 0) is 43.2 Å². The molecule has 25 heavy (non-hydrogen) atoms. The highest BCUT2D eigenvalue weighted by Gasteiger charge is 2.34. The Balaban J connectivity index is 1.50. The quantitative estimate of drug-likeness (QED) is 0.788. The Morgan fingerprint density at radius 2 is 2.20 bits per heavy atom. The largest absolute Gasteiger partial charge is 0.390 e. The Kier molecular flexibility index (Phi) is 5.68. The second-order valence-corrected chi connectivity index (χ2v) is 7.20. The first-order valence-corrected chi connectivity index (χ1v) is 9.25. The molecular formula is C19H27N3O3. The highest BCUT2D eigenvalue weighted by molar-refractivity contribution is 5.94. The van der Waals surface area contributed by atoms with Gasteiger partial charge in [0.25, 0.3) is 5.91 Å². The molecule has 2 amide bonds. The van der Waals surface area contributed by atoms with E-state index in [1.165, 1.54) is 19.0 Å². The molecule has 2 heterocycles. The lowest BCUT2D eigenvalue weighted by Crippen LogP contribution is -2.38. The van der Waals surface area contributed by atoms with Crippen LogP contribution in [-0.2, 0) is 11.4 Å². The number of aliphatic hydroxyl groups is 1. The van der Waals surface area contributed by atoms with Crippen molar-refractivity contribution in [2.45, 2.75) is 51.7 Å². The van der Waals surface area contributed by atoms with E-state index in [4.69, 9.17) is 5.11 Å². The number of amides is 2. The van der Waals surface area contributed by atoms with Gasteiger partial charge < -0.3 is 15.3 Å². The summed E-state index contributed by atoms with van der Waals surface area (Å²) in [6.45, 7) is 3.28. The van der Waals surface area contributed by atoms with Crippen LogP contribution in [0.25, 0.3) is 0 Å². The highest BCUT2D eigenvalue weighted by atomic mass is 16.3. The first kappa shape index (κ1) is 17.9. The maximum Gasteiger partial charge on any atom is 0.251 e. The molecule has 2 atom stereocenters. The molecule has 2 aliphatic rings. The van der Waals surface area contributed by atoms with Crippen LogP contribution in [0, 0.1) is 11.8 Å². The van der Waals surface area contributed by atoms with Gasteiger partial charge in [-0.2, -0.15) is 0 Å². The van der Waals surface area contributed by atoms with Gasteiger partial charge in [-0.1, -0.05) is 13.3 Å². The topological polar surface area (TPSA) is 82.5 Å². The van der Waals surface area contributed by atoms with E-state index in [0.717, 1.165) is 18.8 Å². The van der Waals surface area contributed by atoms with E-state index in [1.807, 2.05) is 4.90 Å². The second kappa shape index (κ2) is 7.95. The van der Waals surface area contributed by atoms with Crippen molar-refractivity contribution < 1.29 is 14.7 Å². The average Bonchev–Trinajstić information content (AvgIpc) is 3.38. The summed E-state index contributed by atoms with van der Waals surface area (Å²) in [6, 6.07) is 3.21. The number of pyridine rings is 1. The molecule has 1 unspecified atom stereocenters. The van der Waals surface area contributed by atoms with E-state index in [0.29, 0.717) is 36.7 Å². The van der Waals surface area contributed by atoms with Gasteiger partial charge in [-0.25, -0.2) is 0 Å². The van der Waals surface area contributed by atoms with Crippen molar-refractivity contribution >= 4 is 11.8 Å². The van der Waals surface area contributed by atoms with Crippen molar-refractivity contribution in [3.05, 3.63) is 29.6 Å². The molecule has 0 aromatic carbocycles. The van der Waals surface area contributed by atoms with E-state index in [-0.39, 0.29) is 24.5 Å². The fraction of sp³-hybridized carbons (Fsp3) is 0.632. The standard InChI is InChI=1S/C19H27N3O3/c1-2-13(14-3-4-14)10-18(24)22-8-6-16(11-22)21-19(25)15-5-7-20-17(9-15)12-23/h5,7,9,13-14,16,23H,2-4,6,8,10-12H2,1H3,(H,21,25)/t13?,16-/m1/s1. The lowest BCUT2D eigenvalue weighted by molar-refractivity contribution is -0.131. The van der Waals surface area contributed by atoms with Gasteiger partial charge >= 0.3 is 0 Å². The zero-order chi connectivity index (χ0) is 17.8. The van der Waals surface area contributed by atoms with E-state index < -0.39 is 0 Å². The molecule has 1 aliphatic heterocycles. The van der Waals surface area contributed by atoms with Crippen LogP contribution in [0.5, 0.6) is 0 Å². The van der Waals surface area contributed by atoms with Gasteiger partial charge in [-0.15, -0.1) is 0 Å². The van der Waals surface area contributed by atoms with E-state index in [1.54, 1.807) is 12.1 Å². The van der Waals surface area contributed by atoms with E-state index in [9.17, 15) is 9.59 Å². The first-order chi connectivity index (χ1) is 12.1. The molecule has 0 bridgehead atoms. The maximum atomic E-state index is 12.5. The van der Waals surface area contributed by atoms with E-state index >= 15 is 0 Å². The molecule has 1 saturated carbocycles. The summed E-state index contributed by atoms with van der Waals surface area (Å²) in [5.41, 5.74) is 0.963. The number of hydrogen-bond donors (Lipinski definition) is 2. The third-order valence-electron chi connectivity index (χ3n) is 5.37. The van der Waals surface area contributed by atoms with Crippen molar-refractivity contribution in [1.82, 2.24) is 15.2 Å². The molecule has 6 nitrogen and oxygen atoms in total. The first-order valence-electron chi connectivity index (χ1n) is 9.25. The minimum atomic E-state index is -0.188. The molecule has 1 aromatic heterocycles. The van der Waals surface area contributed by atoms with Crippen LogP contribution in [0.3, 0.4) is 0 Å². The van der Waals surface area contributed by atoms with Crippen LogP contribution < -0.4 is 5.32 Å². The van der Waals surface area contributed by atoms with Gasteiger partial charge in [0, 0.05) is 37.3 Å². The monoisotopic (exact) mass is 345 g/mol. The minimum Gasteiger partial charge on any atom is -0.390 e. The predicted octanol–water partition coefficient (Wildman–Crippen LogP) is 1.73. The number of hydrogen-bond acceptors (Lipinski definition) is 4. The second-order valence-electron chi connectivity index (χ2n) is 7.20. The SMILES string of the molecule is CCC(CC(=O)N1CC[C@@H](NC(=O)c2ccnc(CO)c2)C1)C1CC1. The number of aliphatic hydroxyl groups excluding tert-OH is 1. The zero-order valence-corrected chi connectivity index (χ0v) is 14.8. The zero-order valence-electron chi connectivity index (χ0n) is 14.8. The van der Waals surface area contributed by atoms with Crippen LogP contribution in [0.2, 0.25) is 0 Å². The fourth-order valence-corrected chi connectivity index (χ4v) is 3.64. The van der Waals surface area contributed by atoms with Gasteiger partial charge in [0.15, 0.2) is 0 Å². The summed E-state index contributed by atoms with van der Waals surface area (Å²) in [7, 11) is 0. The smallest absolute Gasteiger partial charge is 0.251 e. The molecular weight excluding hydrogens is 318 g/mol. The van der Waals surface area contributed by atoms with Crippen LogP contribution in [0.4, 0.5) is 0 Å². The van der Waals surface area contributed by atoms with Crippen molar-refractivity contribution in [2.75, 3.05) is 13.1 Å². The van der Waals surface area contributed by atoms with Gasteiger partial charge in [-0.3, -0.25) is 14.6 Å². The summed E-state index contributed by atoms with van der Waals surface area (Å²) in [5, 5.41) is 12.1. The fourth-order valence-electron chi connectivity index (χ4n) is 3.64. The number of aromatic nitrogens is 1. The molecule has 2 fully saturated rings. The predicted molar refractivity (Wildman–Crippen MR) is 93.7 cm³/mol. The number of nitrogens with zero attached hydrogens (tertiary/aromatic N) is 2. The van der Waals surface area contributed by atoms with Crippen LogP contribution >= 0.6 is 0 Å². The van der Waals surface area contributed by atoms with Gasteiger partial charge in [0.2, 0.25) is 5.91 Å². The molecule has 1 aromatic rings. The Bertz CT molecular complexity index is 630. The lowest BCUT2D eigenvalue weighted by Gasteiger charge is -2.20. The average molecular weight is 345 g/mol. The van der Waals surface area contributed by atoms with Crippen molar-refractivity contribution in [2.24, 2.45) is 11.8 Å². The van der Waals surface area contributed by atoms with Crippen molar-refractivity contribution in [1.29, 1.82) is 0 Å². The van der Waals surface area contributed by atoms with Gasteiger partial charge in [0.1, 0.15) is 0 Å². The summed E-state index contributed by atoms with van der Waals surface area (Å²) >= 11 is 0. The summed E-state index contributed by atoms with van der Waals surface area (Å²) in [5.74, 6) is 1.32. The molecule has 0 spiro atoms. The molecule has 136 valence electrons. The molecule has 0 radical (unpaired) electrons. The van der Waals surface area contributed by atoms with Crippen LogP contribution in [0.15, 0.2) is 18.3 Å². The minimum absolute atomic E-state index is 0.0109. The molecule has 3 rings (SSSR count). The Labute approximate surface area is 148 Å². The number of nitrogens with one attached hydrogen (secondary N) is 1. The maximum absolute atomic E-state index is 12.5. The third kappa shape index (κ3) is 4.57. The summed E-state index contributed by atoms with van der Waals surface area (Å²) < 4.78 is 0. The number of carbonyl (C=O) groups is 2. The molecule has 1 saturated heterocycles. The van der Waals surface area contributed by atoms with Crippen molar-refractivity contribution in [3.63, 3.8) is 0 Å². The lowest BCUT2D eigenvalue weighted by atomic mass is 9.96. The molecule has 2 N–H and O–H groups in total. The highest BCUT2D eigenvalue weighted by Crippen LogP contribution is 2.40. The number of likely N-dealkylation sites (tertiary alicyclic amines) is 1. The molecule has 6 heteroatoms. The normalized spacial score (nSPS) is 21.2. The summed E-state index contributed by atoms with van der Waals surface area (Å²) in [6.07, 6.45) is 6.56. The Morgan fingerprint density at radius 3 is 2.88 bits per heavy atom. The van der Waals surface area contributed by atoms with Gasteiger partial charge in [0.05, 0.1) is 12.3 Å². The Hall–Kier alpha value is -1.95. The number of carbonyl (C=O) groups excluding carboxylic acids is 2.